The molecule has 0 aromatic heterocycles. The molecular weight excluding hydrogens is 372 g/mol. The molecule has 0 saturated carbocycles. The highest BCUT2D eigenvalue weighted by atomic mass is 19.2. The van der Waals surface area contributed by atoms with Crippen LogP contribution in [0.15, 0.2) is 66.7 Å². The standard InChI is InChI=1S/C23H23F2N3O/c24-21-9-8-18(13-22(21)25)23(29)28-14-19(10-11-26)16-6-4-15(5-7-16)17-2-1-3-20(27)12-17/h1-9,12-13,19H,10-11,14,26-27H2,(H,28,29). The Hall–Kier alpha value is -3.25. The smallest absolute Gasteiger partial charge is 0.251 e. The lowest BCUT2D eigenvalue weighted by Gasteiger charge is -2.18. The van der Waals surface area contributed by atoms with Gasteiger partial charge in [0.1, 0.15) is 0 Å². The molecule has 3 rings (SSSR count). The number of carbonyl (C=O) groups is 1. The summed E-state index contributed by atoms with van der Waals surface area (Å²) in [6.45, 7) is 0.801. The van der Waals surface area contributed by atoms with Crippen molar-refractivity contribution < 1.29 is 13.6 Å². The average molecular weight is 395 g/mol. The molecule has 150 valence electrons. The van der Waals surface area contributed by atoms with E-state index in [0.717, 1.165) is 28.8 Å². The average Bonchev–Trinajstić information content (AvgIpc) is 2.73. The number of rotatable bonds is 7. The molecule has 0 aliphatic heterocycles. The third kappa shape index (κ3) is 5.18. The number of nitrogens with one attached hydrogen (secondary N) is 1. The summed E-state index contributed by atoms with van der Waals surface area (Å²) in [4.78, 5) is 12.3. The Labute approximate surface area is 168 Å². The van der Waals surface area contributed by atoms with Crippen molar-refractivity contribution in [2.24, 2.45) is 5.73 Å². The number of hydrogen-bond donors (Lipinski definition) is 3. The summed E-state index contributed by atoms with van der Waals surface area (Å²) in [6.07, 6.45) is 0.676. The van der Waals surface area contributed by atoms with Crippen LogP contribution in [0.5, 0.6) is 0 Å². The Balaban J connectivity index is 1.70. The van der Waals surface area contributed by atoms with Crippen molar-refractivity contribution >= 4 is 11.6 Å². The lowest BCUT2D eigenvalue weighted by molar-refractivity contribution is 0.0950. The van der Waals surface area contributed by atoms with Crippen LogP contribution in [-0.4, -0.2) is 19.0 Å². The van der Waals surface area contributed by atoms with E-state index < -0.39 is 17.5 Å². The van der Waals surface area contributed by atoms with Gasteiger partial charge in [0, 0.05) is 23.7 Å². The number of carbonyl (C=O) groups excluding carboxylic acids is 1. The summed E-state index contributed by atoms with van der Waals surface area (Å²) in [6, 6.07) is 18.8. The number of anilines is 1. The number of benzene rings is 3. The number of halogens is 2. The molecule has 0 heterocycles. The maximum Gasteiger partial charge on any atom is 0.251 e. The van der Waals surface area contributed by atoms with E-state index in [-0.39, 0.29) is 11.5 Å². The van der Waals surface area contributed by atoms with Gasteiger partial charge in [0.15, 0.2) is 11.6 Å². The van der Waals surface area contributed by atoms with Crippen LogP contribution in [0.25, 0.3) is 11.1 Å². The Bertz CT molecular complexity index is 990. The fraction of sp³-hybridized carbons (Fsp3) is 0.174. The molecule has 0 saturated heterocycles. The first-order valence-electron chi connectivity index (χ1n) is 9.37. The van der Waals surface area contributed by atoms with Crippen molar-refractivity contribution in [1.29, 1.82) is 0 Å². The van der Waals surface area contributed by atoms with Crippen molar-refractivity contribution in [3.63, 3.8) is 0 Å². The normalized spacial score (nSPS) is 11.8. The maximum absolute atomic E-state index is 13.3. The molecule has 3 aromatic rings. The molecule has 4 nitrogen and oxygen atoms in total. The summed E-state index contributed by atoms with van der Waals surface area (Å²) >= 11 is 0. The van der Waals surface area contributed by atoms with Crippen LogP contribution >= 0.6 is 0 Å². The molecule has 0 fully saturated rings. The quantitative estimate of drug-likeness (QED) is 0.528. The maximum atomic E-state index is 13.3. The topological polar surface area (TPSA) is 81.1 Å². The number of hydrogen-bond acceptors (Lipinski definition) is 3. The largest absolute Gasteiger partial charge is 0.399 e. The summed E-state index contributed by atoms with van der Waals surface area (Å²) in [7, 11) is 0. The van der Waals surface area contributed by atoms with E-state index >= 15 is 0 Å². The van der Waals surface area contributed by atoms with E-state index in [4.69, 9.17) is 11.5 Å². The van der Waals surface area contributed by atoms with Gasteiger partial charge < -0.3 is 16.8 Å². The molecule has 3 aromatic carbocycles. The lowest BCUT2D eigenvalue weighted by Crippen LogP contribution is -2.29. The van der Waals surface area contributed by atoms with Crippen molar-refractivity contribution in [3.05, 3.63) is 89.5 Å². The Morgan fingerprint density at radius 1 is 0.931 bits per heavy atom. The van der Waals surface area contributed by atoms with Crippen molar-refractivity contribution in [3.8, 4) is 11.1 Å². The second kappa shape index (κ2) is 9.30. The first-order chi connectivity index (χ1) is 14.0. The van der Waals surface area contributed by atoms with E-state index in [1.165, 1.54) is 6.07 Å². The lowest BCUT2D eigenvalue weighted by atomic mass is 9.93. The van der Waals surface area contributed by atoms with Gasteiger partial charge in [-0.3, -0.25) is 4.79 Å². The third-order valence-electron chi connectivity index (χ3n) is 4.81. The highest BCUT2D eigenvalue weighted by molar-refractivity contribution is 5.94. The molecule has 0 spiro atoms. The summed E-state index contributed by atoms with van der Waals surface area (Å²) in [5.74, 6) is -2.48. The molecule has 29 heavy (non-hydrogen) atoms. The van der Waals surface area contributed by atoms with Crippen molar-refractivity contribution in [2.45, 2.75) is 12.3 Å². The van der Waals surface area contributed by atoms with Gasteiger partial charge in [-0.25, -0.2) is 8.78 Å². The Morgan fingerprint density at radius 3 is 2.34 bits per heavy atom. The van der Waals surface area contributed by atoms with Gasteiger partial charge in [-0.15, -0.1) is 0 Å². The predicted molar refractivity (Wildman–Crippen MR) is 111 cm³/mol. The molecule has 0 bridgehead atoms. The second-order valence-electron chi connectivity index (χ2n) is 6.86. The molecule has 1 atom stereocenters. The molecule has 1 amide bonds. The fourth-order valence-electron chi connectivity index (χ4n) is 3.21. The van der Waals surface area contributed by atoms with Crippen LogP contribution in [0, 0.1) is 11.6 Å². The summed E-state index contributed by atoms with van der Waals surface area (Å²) < 4.78 is 26.4. The van der Waals surface area contributed by atoms with E-state index in [1.807, 2.05) is 48.5 Å². The minimum atomic E-state index is -1.05. The second-order valence-corrected chi connectivity index (χ2v) is 6.86. The van der Waals surface area contributed by atoms with Gasteiger partial charge >= 0.3 is 0 Å². The minimum absolute atomic E-state index is 0.00383. The number of amides is 1. The third-order valence-corrected chi connectivity index (χ3v) is 4.81. The van der Waals surface area contributed by atoms with Crippen molar-refractivity contribution in [2.75, 3.05) is 18.8 Å². The number of nitrogen functional groups attached to an aromatic ring is 1. The van der Waals surface area contributed by atoms with Gasteiger partial charge in [0.2, 0.25) is 0 Å². The highest BCUT2D eigenvalue weighted by Crippen LogP contribution is 2.25. The Kier molecular flexibility index (Phi) is 6.57. The van der Waals surface area contributed by atoms with Crippen LogP contribution in [0.1, 0.15) is 28.3 Å². The van der Waals surface area contributed by atoms with E-state index in [0.29, 0.717) is 25.2 Å². The molecule has 6 heteroatoms. The summed E-state index contributed by atoms with van der Waals surface area (Å²) in [5.41, 5.74) is 15.5. The van der Waals surface area contributed by atoms with Crippen LogP contribution in [0.3, 0.4) is 0 Å². The predicted octanol–water partition coefficient (Wildman–Crippen LogP) is 4.08. The monoisotopic (exact) mass is 395 g/mol. The molecule has 5 N–H and O–H groups in total. The Morgan fingerprint density at radius 2 is 1.69 bits per heavy atom. The molecule has 0 radical (unpaired) electrons. The first kappa shape index (κ1) is 20.5. The zero-order valence-electron chi connectivity index (χ0n) is 15.9. The first-order valence-corrected chi connectivity index (χ1v) is 9.37. The SMILES string of the molecule is NCCC(CNC(=O)c1ccc(F)c(F)c1)c1ccc(-c2cccc(N)c2)cc1. The van der Waals surface area contributed by atoms with Crippen molar-refractivity contribution in [1.82, 2.24) is 5.32 Å². The zero-order valence-corrected chi connectivity index (χ0v) is 15.9. The molecule has 0 aliphatic rings. The van der Waals surface area contributed by atoms with Crippen LogP contribution in [-0.2, 0) is 0 Å². The van der Waals surface area contributed by atoms with Crippen LogP contribution in [0.4, 0.5) is 14.5 Å². The van der Waals surface area contributed by atoms with Crippen LogP contribution < -0.4 is 16.8 Å². The summed E-state index contributed by atoms with van der Waals surface area (Å²) in [5, 5.41) is 2.78. The van der Waals surface area contributed by atoms with E-state index in [2.05, 4.69) is 5.32 Å². The van der Waals surface area contributed by atoms with Gasteiger partial charge in [0.25, 0.3) is 5.91 Å². The van der Waals surface area contributed by atoms with E-state index in [1.54, 1.807) is 0 Å². The van der Waals surface area contributed by atoms with Gasteiger partial charge in [-0.2, -0.15) is 0 Å². The highest BCUT2D eigenvalue weighted by Gasteiger charge is 2.15. The van der Waals surface area contributed by atoms with Gasteiger partial charge in [-0.05, 0) is 60.0 Å². The zero-order chi connectivity index (χ0) is 20.8. The number of nitrogens with two attached hydrogens (primary N) is 2. The molecule has 1 unspecified atom stereocenters. The molecule has 0 aliphatic carbocycles. The fourth-order valence-corrected chi connectivity index (χ4v) is 3.21. The van der Waals surface area contributed by atoms with Crippen LogP contribution in [0.2, 0.25) is 0 Å². The minimum Gasteiger partial charge on any atom is -0.399 e. The van der Waals surface area contributed by atoms with Gasteiger partial charge in [0.05, 0.1) is 0 Å². The molecular formula is C23H23F2N3O. The van der Waals surface area contributed by atoms with E-state index in [9.17, 15) is 13.6 Å². The van der Waals surface area contributed by atoms with Gasteiger partial charge in [-0.1, -0.05) is 36.4 Å².